The Kier molecular flexibility index (Phi) is 4.71. The second kappa shape index (κ2) is 6.30. The lowest BCUT2D eigenvalue weighted by Gasteiger charge is -2.05. The average Bonchev–Trinajstić information content (AvgIpc) is 2.69. The summed E-state index contributed by atoms with van der Waals surface area (Å²) in [5.41, 5.74) is 1.74. The van der Waals surface area contributed by atoms with Crippen molar-refractivity contribution in [2.24, 2.45) is 0 Å². The molecule has 0 saturated carbocycles. The summed E-state index contributed by atoms with van der Waals surface area (Å²) in [4.78, 5) is 17.7. The van der Waals surface area contributed by atoms with Gasteiger partial charge in [0, 0.05) is 22.3 Å². The van der Waals surface area contributed by atoms with Gasteiger partial charge in [0.2, 0.25) is 0 Å². The molecule has 0 radical (unpaired) electrons. The Morgan fingerprint density at radius 3 is 2.74 bits per heavy atom. The third-order valence-corrected chi connectivity index (χ3v) is 4.64. The second-order valence-corrected chi connectivity index (χ2v) is 6.38. The Labute approximate surface area is 125 Å². The smallest absolute Gasteiger partial charge is 0.252 e. The van der Waals surface area contributed by atoms with Gasteiger partial charge in [-0.1, -0.05) is 12.1 Å². The lowest BCUT2D eigenvalue weighted by molar-refractivity contribution is 0.0953. The summed E-state index contributed by atoms with van der Waals surface area (Å²) < 4.78 is 0.813. The van der Waals surface area contributed by atoms with Crippen molar-refractivity contribution in [3.63, 3.8) is 0 Å². The fourth-order valence-corrected chi connectivity index (χ4v) is 3.07. The number of hydrogen-bond acceptors (Lipinski definition) is 3. The number of halogens is 1. The molecule has 1 aromatic heterocycles. The first-order valence-electron chi connectivity index (χ1n) is 6.03. The van der Waals surface area contributed by atoms with Crippen LogP contribution in [-0.4, -0.2) is 17.4 Å². The molecule has 1 N–H and O–H groups in total. The van der Waals surface area contributed by atoms with Gasteiger partial charge in [0.25, 0.3) is 5.91 Å². The fraction of sp³-hybridized carbons (Fsp3) is 0.286. The third-order valence-electron chi connectivity index (χ3n) is 2.82. The van der Waals surface area contributed by atoms with E-state index in [1.54, 1.807) is 17.4 Å². The van der Waals surface area contributed by atoms with Gasteiger partial charge < -0.3 is 5.32 Å². The predicted molar refractivity (Wildman–Crippen MR) is 81.8 cm³/mol. The number of hydrogen-bond donors (Lipinski definition) is 1. The number of carbonyl (C=O) groups excluding carboxylic acids is 1. The van der Waals surface area contributed by atoms with E-state index in [1.807, 2.05) is 25.1 Å². The second-order valence-electron chi connectivity index (χ2n) is 4.23. The van der Waals surface area contributed by atoms with Gasteiger partial charge in [-0.15, -0.1) is 11.3 Å². The molecule has 5 heteroatoms. The molecule has 1 heterocycles. The summed E-state index contributed by atoms with van der Waals surface area (Å²) in [6.45, 7) is 4.68. The summed E-state index contributed by atoms with van der Waals surface area (Å²) in [5.74, 6) is -0.0579. The first-order chi connectivity index (χ1) is 9.08. The number of nitrogens with zero attached hydrogens (tertiary/aromatic N) is 1. The molecule has 0 saturated heterocycles. The van der Waals surface area contributed by atoms with Crippen molar-refractivity contribution in [1.29, 1.82) is 0 Å². The van der Waals surface area contributed by atoms with E-state index >= 15 is 0 Å². The van der Waals surface area contributed by atoms with E-state index in [1.165, 1.54) is 4.88 Å². The molecule has 0 spiro atoms. The minimum Gasteiger partial charge on any atom is -0.352 e. The molecule has 2 rings (SSSR count). The molecule has 2 aromatic rings. The van der Waals surface area contributed by atoms with Gasteiger partial charge in [-0.3, -0.25) is 4.79 Å². The van der Waals surface area contributed by atoms with Gasteiger partial charge in [-0.25, -0.2) is 4.98 Å². The van der Waals surface area contributed by atoms with Crippen LogP contribution in [-0.2, 0) is 6.42 Å². The highest BCUT2D eigenvalue weighted by Gasteiger charge is 2.09. The number of aromatic nitrogens is 1. The van der Waals surface area contributed by atoms with E-state index in [0.29, 0.717) is 12.1 Å². The number of rotatable bonds is 4. The molecule has 1 amide bonds. The maximum Gasteiger partial charge on any atom is 0.252 e. The SMILES string of the molecule is Cc1nc(CCNC(=O)c2ccccc2Br)sc1C. The van der Waals surface area contributed by atoms with Crippen LogP contribution in [0.4, 0.5) is 0 Å². The lowest BCUT2D eigenvalue weighted by atomic mass is 10.2. The van der Waals surface area contributed by atoms with E-state index < -0.39 is 0 Å². The monoisotopic (exact) mass is 338 g/mol. The molecule has 0 bridgehead atoms. The number of amides is 1. The normalized spacial score (nSPS) is 10.5. The molecule has 19 heavy (non-hydrogen) atoms. The Balaban J connectivity index is 1.89. The molecule has 0 aliphatic heterocycles. The number of nitrogens with one attached hydrogen (secondary N) is 1. The summed E-state index contributed by atoms with van der Waals surface area (Å²) in [7, 11) is 0. The number of carbonyl (C=O) groups is 1. The zero-order valence-corrected chi connectivity index (χ0v) is 13.3. The largest absolute Gasteiger partial charge is 0.352 e. The Hall–Kier alpha value is -1.20. The zero-order valence-electron chi connectivity index (χ0n) is 10.9. The molecule has 100 valence electrons. The van der Waals surface area contributed by atoms with Crippen molar-refractivity contribution in [3.05, 3.63) is 49.9 Å². The summed E-state index contributed by atoms with van der Waals surface area (Å²) >= 11 is 5.07. The van der Waals surface area contributed by atoms with Crippen LogP contribution < -0.4 is 5.32 Å². The first kappa shape index (κ1) is 14.2. The minimum atomic E-state index is -0.0579. The van der Waals surface area contributed by atoms with Crippen LogP contribution in [0.2, 0.25) is 0 Å². The van der Waals surface area contributed by atoms with Gasteiger partial charge in [-0.05, 0) is 41.9 Å². The third kappa shape index (κ3) is 3.64. The van der Waals surface area contributed by atoms with Gasteiger partial charge >= 0.3 is 0 Å². The van der Waals surface area contributed by atoms with Crippen LogP contribution in [0.1, 0.15) is 25.9 Å². The standard InChI is InChI=1S/C14H15BrN2OS/c1-9-10(2)19-13(17-9)7-8-16-14(18)11-5-3-4-6-12(11)15/h3-6H,7-8H2,1-2H3,(H,16,18). The molecule has 0 unspecified atom stereocenters. The average molecular weight is 339 g/mol. The van der Waals surface area contributed by atoms with Crippen LogP contribution in [0.25, 0.3) is 0 Å². The van der Waals surface area contributed by atoms with Gasteiger partial charge in [-0.2, -0.15) is 0 Å². The molecule has 0 fully saturated rings. The van der Waals surface area contributed by atoms with E-state index in [-0.39, 0.29) is 5.91 Å². The fourth-order valence-electron chi connectivity index (χ4n) is 1.67. The van der Waals surface area contributed by atoms with Crippen molar-refractivity contribution < 1.29 is 4.79 Å². The molecule has 0 aliphatic carbocycles. The molecule has 1 aromatic carbocycles. The summed E-state index contributed by atoms with van der Waals surface area (Å²) in [6, 6.07) is 7.41. The Bertz CT molecular complexity index is 575. The van der Waals surface area contributed by atoms with E-state index in [4.69, 9.17) is 0 Å². The van der Waals surface area contributed by atoms with Crippen LogP contribution in [0.15, 0.2) is 28.7 Å². The highest BCUT2D eigenvalue weighted by atomic mass is 79.9. The number of aryl methyl sites for hydroxylation is 2. The van der Waals surface area contributed by atoms with E-state index in [9.17, 15) is 4.79 Å². The highest BCUT2D eigenvalue weighted by Crippen LogP contribution is 2.17. The molecule has 0 aliphatic rings. The minimum absolute atomic E-state index is 0.0579. The molecule has 0 atom stereocenters. The van der Waals surface area contributed by atoms with Gasteiger partial charge in [0.1, 0.15) is 0 Å². The highest BCUT2D eigenvalue weighted by molar-refractivity contribution is 9.10. The number of benzene rings is 1. The van der Waals surface area contributed by atoms with Crippen LogP contribution in [0.3, 0.4) is 0 Å². The van der Waals surface area contributed by atoms with Crippen molar-refractivity contribution in [3.8, 4) is 0 Å². The topological polar surface area (TPSA) is 42.0 Å². The quantitative estimate of drug-likeness (QED) is 0.926. The zero-order chi connectivity index (χ0) is 13.8. The van der Waals surface area contributed by atoms with Crippen molar-refractivity contribution in [1.82, 2.24) is 10.3 Å². The maximum absolute atomic E-state index is 12.0. The summed E-state index contributed by atoms with van der Waals surface area (Å²) in [6.07, 6.45) is 0.773. The predicted octanol–water partition coefficient (Wildman–Crippen LogP) is 3.49. The van der Waals surface area contributed by atoms with Gasteiger partial charge in [0.15, 0.2) is 0 Å². The Morgan fingerprint density at radius 1 is 1.37 bits per heavy atom. The van der Waals surface area contributed by atoms with Crippen molar-refractivity contribution >= 4 is 33.2 Å². The van der Waals surface area contributed by atoms with Crippen molar-refractivity contribution in [2.45, 2.75) is 20.3 Å². The first-order valence-corrected chi connectivity index (χ1v) is 7.64. The summed E-state index contributed by atoms with van der Waals surface area (Å²) in [5, 5.41) is 3.99. The van der Waals surface area contributed by atoms with Crippen LogP contribution >= 0.6 is 27.3 Å². The Morgan fingerprint density at radius 2 is 2.11 bits per heavy atom. The van der Waals surface area contributed by atoms with Crippen molar-refractivity contribution in [2.75, 3.05) is 6.54 Å². The number of thiazole rings is 1. The maximum atomic E-state index is 12.0. The molecular weight excluding hydrogens is 324 g/mol. The lowest BCUT2D eigenvalue weighted by Crippen LogP contribution is -2.25. The van der Waals surface area contributed by atoms with Crippen LogP contribution in [0, 0.1) is 13.8 Å². The molecule has 3 nitrogen and oxygen atoms in total. The van der Waals surface area contributed by atoms with E-state index in [2.05, 4.69) is 33.2 Å². The van der Waals surface area contributed by atoms with Crippen LogP contribution in [0.5, 0.6) is 0 Å². The van der Waals surface area contributed by atoms with Gasteiger partial charge in [0.05, 0.1) is 16.3 Å². The molecular formula is C14H15BrN2OS. The van der Waals surface area contributed by atoms with E-state index in [0.717, 1.165) is 21.6 Å².